The Morgan fingerprint density at radius 3 is 2.57 bits per heavy atom. The molecule has 0 spiro atoms. The van der Waals surface area contributed by atoms with Gasteiger partial charge < -0.3 is 10.2 Å². The highest BCUT2D eigenvalue weighted by atomic mass is 35.5. The van der Waals surface area contributed by atoms with Gasteiger partial charge >= 0.3 is 0 Å². The number of guanidine groups is 1. The van der Waals surface area contributed by atoms with Crippen LogP contribution in [0.1, 0.15) is 40.2 Å². The number of hydrogen-bond acceptors (Lipinski definition) is 2. The molecule has 21 heavy (non-hydrogen) atoms. The first-order valence-corrected chi connectivity index (χ1v) is 7.82. The number of halogens is 1. The summed E-state index contributed by atoms with van der Waals surface area (Å²) in [6.07, 6.45) is 1.78. The molecule has 0 aliphatic carbocycles. The molecule has 0 unspecified atom stereocenters. The molecule has 0 aromatic carbocycles. The van der Waals surface area contributed by atoms with E-state index in [0.717, 1.165) is 24.6 Å². The SMILES string of the molecule is CCNC(=NCc1ccc(Cl)nc1)N1CC(C)(C)C1(C)C. The van der Waals surface area contributed by atoms with E-state index in [4.69, 9.17) is 16.6 Å². The minimum atomic E-state index is 0.103. The van der Waals surface area contributed by atoms with Gasteiger partial charge in [-0.15, -0.1) is 0 Å². The Morgan fingerprint density at radius 2 is 2.10 bits per heavy atom. The minimum Gasteiger partial charge on any atom is -0.356 e. The number of aromatic nitrogens is 1. The highest BCUT2D eigenvalue weighted by molar-refractivity contribution is 6.29. The topological polar surface area (TPSA) is 40.5 Å². The van der Waals surface area contributed by atoms with Crippen LogP contribution in [0.25, 0.3) is 0 Å². The fraction of sp³-hybridized carbons (Fsp3) is 0.625. The van der Waals surface area contributed by atoms with Gasteiger partial charge in [-0.1, -0.05) is 31.5 Å². The van der Waals surface area contributed by atoms with Gasteiger partial charge in [0.1, 0.15) is 5.15 Å². The minimum absolute atomic E-state index is 0.103. The highest BCUT2D eigenvalue weighted by Crippen LogP contribution is 2.46. The Bertz CT molecular complexity index is 520. The number of rotatable bonds is 3. The second kappa shape index (κ2) is 5.84. The van der Waals surface area contributed by atoms with Crippen LogP contribution < -0.4 is 5.32 Å². The van der Waals surface area contributed by atoms with Crippen LogP contribution in [-0.4, -0.2) is 34.5 Å². The molecule has 1 aliphatic rings. The number of nitrogens with one attached hydrogen (secondary N) is 1. The summed E-state index contributed by atoms with van der Waals surface area (Å²) < 4.78 is 0. The average molecular weight is 309 g/mol. The van der Waals surface area contributed by atoms with Gasteiger partial charge in [0.15, 0.2) is 5.96 Å². The largest absolute Gasteiger partial charge is 0.356 e. The molecule has 0 atom stereocenters. The normalized spacial score (nSPS) is 20.1. The van der Waals surface area contributed by atoms with Gasteiger partial charge in [-0.25, -0.2) is 9.98 Å². The van der Waals surface area contributed by atoms with E-state index in [1.165, 1.54) is 0 Å². The van der Waals surface area contributed by atoms with Gasteiger partial charge in [-0.3, -0.25) is 0 Å². The Kier molecular flexibility index (Phi) is 4.47. The Morgan fingerprint density at radius 1 is 1.38 bits per heavy atom. The summed E-state index contributed by atoms with van der Waals surface area (Å²) in [5.41, 5.74) is 1.46. The van der Waals surface area contributed by atoms with Gasteiger partial charge in [0.2, 0.25) is 0 Å². The zero-order chi connectivity index (χ0) is 15.7. The van der Waals surface area contributed by atoms with Crippen molar-refractivity contribution < 1.29 is 0 Å². The van der Waals surface area contributed by atoms with Crippen molar-refractivity contribution in [2.75, 3.05) is 13.1 Å². The van der Waals surface area contributed by atoms with E-state index < -0.39 is 0 Å². The van der Waals surface area contributed by atoms with E-state index in [1.807, 2.05) is 6.07 Å². The predicted octanol–water partition coefficient (Wildman–Crippen LogP) is 3.32. The zero-order valence-electron chi connectivity index (χ0n) is 13.6. The quantitative estimate of drug-likeness (QED) is 0.529. The van der Waals surface area contributed by atoms with Crippen molar-refractivity contribution in [2.45, 2.75) is 46.7 Å². The smallest absolute Gasteiger partial charge is 0.194 e. The maximum Gasteiger partial charge on any atom is 0.194 e. The molecule has 0 saturated carbocycles. The van der Waals surface area contributed by atoms with Gasteiger partial charge in [-0.05, 0) is 32.4 Å². The van der Waals surface area contributed by atoms with E-state index >= 15 is 0 Å². The summed E-state index contributed by atoms with van der Waals surface area (Å²) >= 11 is 5.81. The van der Waals surface area contributed by atoms with E-state index in [-0.39, 0.29) is 5.54 Å². The van der Waals surface area contributed by atoms with Crippen molar-refractivity contribution in [3.63, 3.8) is 0 Å². The maximum atomic E-state index is 5.81. The molecule has 1 N–H and O–H groups in total. The van der Waals surface area contributed by atoms with Crippen LogP contribution in [0, 0.1) is 5.41 Å². The molecule has 1 saturated heterocycles. The van der Waals surface area contributed by atoms with Gasteiger partial charge in [0.05, 0.1) is 6.54 Å². The average Bonchev–Trinajstić information content (AvgIpc) is 2.43. The number of pyridine rings is 1. The Hall–Kier alpha value is -1.29. The second-order valence-corrected chi connectivity index (χ2v) is 7.08. The van der Waals surface area contributed by atoms with Gasteiger partial charge in [0.25, 0.3) is 0 Å². The van der Waals surface area contributed by atoms with Crippen molar-refractivity contribution in [1.29, 1.82) is 0 Å². The summed E-state index contributed by atoms with van der Waals surface area (Å²) in [7, 11) is 0. The molecule has 116 valence electrons. The number of aliphatic imine (C=N–C) groups is 1. The molecule has 4 nitrogen and oxygen atoms in total. The molecule has 0 bridgehead atoms. The van der Waals surface area contributed by atoms with E-state index in [2.05, 4.69) is 49.8 Å². The van der Waals surface area contributed by atoms with Crippen LogP contribution >= 0.6 is 11.6 Å². The van der Waals surface area contributed by atoms with E-state index in [1.54, 1.807) is 12.3 Å². The lowest BCUT2D eigenvalue weighted by Crippen LogP contribution is -2.72. The first-order valence-electron chi connectivity index (χ1n) is 7.44. The summed E-state index contributed by atoms with van der Waals surface area (Å²) in [6, 6.07) is 3.77. The van der Waals surface area contributed by atoms with Crippen molar-refractivity contribution in [1.82, 2.24) is 15.2 Å². The molecular formula is C16H25ClN4. The molecule has 1 aromatic heterocycles. The number of nitrogens with zero attached hydrogens (tertiary/aromatic N) is 3. The summed E-state index contributed by atoms with van der Waals surface area (Å²) in [6.45, 7) is 13.7. The predicted molar refractivity (Wildman–Crippen MR) is 88.6 cm³/mol. The maximum absolute atomic E-state index is 5.81. The molecule has 5 heteroatoms. The van der Waals surface area contributed by atoms with Crippen LogP contribution in [0.5, 0.6) is 0 Å². The van der Waals surface area contributed by atoms with Crippen LogP contribution in [-0.2, 0) is 6.54 Å². The Balaban J connectivity index is 2.12. The number of hydrogen-bond donors (Lipinski definition) is 1. The molecule has 0 radical (unpaired) electrons. The van der Waals surface area contributed by atoms with Crippen molar-refractivity contribution in [3.8, 4) is 0 Å². The third-order valence-corrected chi connectivity index (χ3v) is 4.90. The highest BCUT2D eigenvalue weighted by Gasteiger charge is 2.53. The lowest BCUT2D eigenvalue weighted by Gasteiger charge is -2.62. The third-order valence-electron chi connectivity index (χ3n) is 4.68. The lowest BCUT2D eigenvalue weighted by molar-refractivity contribution is -0.0667. The fourth-order valence-electron chi connectivity index (χ4n) is 2.46. The number of likely N-dealkylation sites (tertiary alicyclic amines) is 1. The summed E-state index contributed by atoms with van der Waals surface area (Å²) in [4.78, 5) is 11.2. The van der Waals surface area contributed by atoms with Gasteiger partial charge in [-0.2, -0.15) is 0 Å². The lowest BCUT2D eigenvalue weighted by atomic mass is 9.65. The zero-order valence-corrected chi connectivity index (χ0v) is 14.3. The molecular weight excluding hydrogens is 284 g/mol. The molecule has 1 fully saturated rings. The van der Waals surface area contributed by atoms with Crippen molar-refractivity contribution >= 4 is 17.6 Å². The standard InChI is InChI=1S/C16H25ClN4/c1-6-18-14(21-11-15(2,3)16(21,4)5)20-10-12-7-8-13(17)19-9-12/h7-9H,6,10-11H2,1-5H3,(H,18,20). The molecule has 2 heterocycles. The van der Waals surface area contributed by atoms with E-state index in [0.29, 0.717) is 17.1 Å². The molecule has 0 amide bonds. The summed E-state index contributed by atoms with van der Waals surface area (Å²) in [5.74, 6) is 0.969. The van der Waals surface area contributed by atoms with E-state index in [9.17, 15) is 0 Å². The Labute approximate surface area is 132 Å². The monoisotopic (exact) mass is 308 g/mol. The van der Waals surface area contributed by atoms with Crippen molar-refractivity contribution in [3.05, 3.63) is 29.0 Å². The van der Waals surface area contributed by atoms with Crippen LogP contribution in [0.15, 0.2) is 23.3 Å². The van der Waals surface area contributed by atoms with Crippen LogP contribution in [0.3, 0.4) is 0 Å². The van der Waals surface area contributed by atoms with Crippen LogP contribution in [0.4, 0.5) is 0 Å². The molecule has 1 aromatic rings. The third kappa shape index (κ3) is 3.15. The van der Waals surface area contributed by atoms with Gasteiger partial charge in [0, 0.05) is 30.2 Å². The second-order valence-electron chi connectivity index (χ2n) is 6.69. The summed E-state index contributed by atoms with van der Waals surface area (Å²) in [5, 5.41) is 3.90. The first-order chi connectivity index (χ1) is 9.78. The first kappa shape index (κ1) is 16.1. The fourth-order valence-corrected chi connectivity index (χ4v) is 2.57. The van der Waals surface area contributed by atoms with Crippen molar-refractivity contribution in [2.24, 2.45) is 10.4 Å². The van der Waals surface area contributed by atoms with Crippen LogP contribution in [0.2, 0.25) is 5.15 Å². The molecule has 1 aliphatic heterocycles. The molecule has 2 rings (SSSR count).